The Hall–Kier alpha value is -2.42. The molecule has 0 aromatic carbocycles. The Labute approximate surface area is 157 Å². The van der Waals surface area contributed by atoms with Gasteiger partial charge in [0.15, 0.2) is 0 Å². The molecule has 0 bridgehead atoms. The maximum Gasteiger partial charge on any atom is 0.308 e. The smallest absolute Gasteiger partial charge is 0.308 e. The van der Waals surface area contributed by atoms with Crippen LogP contribution in [0.4, 0.5) is 0 Å². The number of carbonyl (C=O) groups excluding carboxylic acids is 3. The Kier molecular flexibility index (Phi) is 5.79. The third-order valence-electron chi connectivity index (χ3n) is 5.46. The first-order valence-electron chi connectivity index (χ1n) is 9.22. The molecule has 2 saturated carbocycles. The number of carbonyl (C=O) groups is 3. The minimum absolute atomic E-state index is 0.0136. The van der Waals surface area contributed by atoms with Gasteiger partial charge in [0.25, 0.3) is 5.91 Å². The van der Waals surface area contributed by atoms with Crippen molar-refractivity contribution in [1.82, 2.24) is 20.2 Å². The van der Waals surface area contributed by atoms with Gasteiger partial charge in [0.2, 0.25) is 5.91 Å². The van der Waals surface area contributed by atoms with Crippen LogP contribution in [0.3, 0.4) is 0 Å². The molecule has 2 amide bonds. The number of esters is 1. The molecule has 3 rings (SSSR count). The highest BCUT2D eigenvalue weighted by molar-refractivity contribution is 5.92. The maximum absolute atomic E-state index is 12.4. The van der Waals surface area contributed by atoms with E-state index >= 15 is 0 Å². The molecule has 0 saturated heterocycles. The molecule has 1 heterocycles. The van der Waals surface area contributed by atoms with Gasteiger partial charge in [-0.05, 0) is 32.1 Å². The van der Waals surface area contributed by atoms with Gasteiger partial charge < -0.3 is 25.0 Å². The quantitative estimate of drug-likeness (QED) is 0.607. The van der Waals surface area contributed by atoms with Crippen molar-refractivity contribution in [1.29, 1.82) is 0 Å². The molecule has 148 valence electrons. The van der Waals surface area contributed by atoms with E-state index in [1.54, 1.807) is 17.8 Å². The van der Waals surface area contributed by atoms with Crippen LogP contribution in [0, 0.1) is 11.8 Å². The van der Waals surface area contributed by atoms with Crippen LogP contribution in [-0.4, -0.2) is 57.7 Å². The predicted octanol–water partition coefficient (Wildman–Crippen LogP) is -0.253. The largest absolute Gasteiger partial charge is 0.469 e. The number of aryl methyl sites for hydroxylation is 1. The van der Waals surface area contributed by atoms with Crippen LogP contribution in [0.25, 0.3) is 0 Å². The molecule has 0 unspecified atom stereocenters. The first kappa shape index (κ1) is 19.3. The average molecular weight is 378 g/mol. The highest BCUT2D eigenvalue weighted by atomic mass is 16.5. The van der Waals surface area contributed by atoms with E-state index in [0.29, 0.717) is 37.8 Å². The lowest BCUT2D eigenvalue weighted by molar-refractivity contribution is -0.150. The SMILES string of the molecule is COC(=O)C1CC(NC(=O)[C@H]2CC[C@@H](NC(=O)c3cn(C)cn3)[C@H](O)C2)C1. The monoisotopic (exact) mass is 378 g/mol. The fourth-order valence-electron chi connectivity index (χ4n) is 3.74. The second-order valence-electron chi connectivity index (χ2n) is 7.48. The number of rotatable bonds is 5. The fraction of sp³-hybridized carbons (Fsp3) is 0.667. The number of hydrogen-bond acceptors (Lipinski definition) is 6. The summed E-state index contributed by atoms with van der Waals surface area (Å²) in [4.78, 5) is 40.0. The van der Waals surface area contributed by atoms with Crippen LogP contribution in [-0.2, 0) is 21.4 Å². The van der Waals surface area contributed by atoms with Gasteiger partial charge >= 0.3 is 5.97 Å². The lowest BCUT2D eigenvalue weighted by Crippen LogP contribution is -2.52. The first-order valence-corrected chi connectivity index (χ1v) is 9.22. The maximum atomic E-state index is 12.4. The minimum atomic E-state index is -0.786. The standard InChI is InChI=1S/C18H26N4O5/c1-22-8-14(19-9-22)17(25)21-13-4-3-10(7-15(13)23)16(24)20-12-5-11(6-12)18(26)27-2/h8-13,15,23H,3-7H2,1-2H3,(H,20,24)(H,21,25)/t10-,11?,12?,13+,15+/m0/s1. The normalized spacial score (nSPS) is 30.1. The molecule has 2 aliphatic rings. The zero-order valence-corrected chi connectivity index (χ0v) is 15.6. The molecular formula is C18H26N4O5. The Morgan fingerprint density at radius 2 is 1.93 bits per heavy atom. The van der Waals surface area contributed by atoms with Crippen LogP contribution in [0.5, 0.6) is 0 Å². The van der Waals surface area contributed by atoms with E-state index in [4.69, 9.17) is 0 Å². The summed E-state index contributed by atoms with van der Waals surface area (Å²) in [6.07, 6.45) is 4.96. The summed E-state index contributed by atoms with van der Waals surface area (Å²) in [6, 6.07) is -0.406. The summed E-state index contributed by atoms with van der Waals surface area (Å²) in [5, 5.41) is 16.1. The van der Waals surface area contributed by atoms with Crippen molar-refractivity contribution in [3.63, 3.8) is 0 Å². The van der Waals surface area contributed by atoms with Gasteiger partial charge in [0, 0.05) is 25.2 Å². The number of methoxy groups -OCH3 is 1. The van der Waals surface area contributed by atoms with Crippen LogP contribution in [0.2, 0.25) is 0 Å². The van der Waals surface area contributed by atoms with Gasteiger partial charge in [-0.3, -0.25) is 14.4 Å². The molecular weight excluding hydrogens is 352 g/mol. The third kappa shape index (κ3) is 4.47. The summed E-state index contributed by atoms with van der Waals surface area (Å²) in [5.74, 6) is -1.09. The summed E-state index contributed by atoms with van der Waals surface area (Å²) >= 11 is 0. The predicted molar refractivity (Wildman–Crippen MR) is 94.5 cm³/mol. The number of nitrogens with zero attached hydrogens (tertiary/aromatic N) is 2. The highest BCUT2D eigenvalue weighted by Crippen LogP contribution is 2.30. The van der Waals surface area contributed by atoms with Crippen molar-refractivity contribution in [2.45, 2.75) is 50.3 Å². The molecule has 1 aromatic rings. The number of imidazole rings is 1. The number of amides is 2. The Morgan fingerprint density at radius 1 is 1.19 bits per heavy atom. The topological polar surface area (TPSA) is 123 Å². The van der Waals surface area contributed by atoms with Crippen molar-refractivity contribution in [3.8, 4) is 0 Å². The van der Waals surface area contributed by atoms with E-state index in [2.05, 4.69) is 20.4 Å². The molecule has 2 fully saturated rings. The first-order chi connectivity index (χ1) is 12.9. The molecule has 27 heavy (non-hydrogen) atoms. The van der Waals surface area contributed by atoms with Crippen LogP contribution >= 0.6 is 0 Å². The summed E-state index contributed by atoms with van der Waals surface area (Å²) in [6.45, 7) is 0. The van der Waals surface area contributed by atoms with Gasteiger partial charge in [-0.1, -0.05) is 0 Å². The fourth-order valence-corrected chi connectivity index (χ4v) is 3.74. The molecule has 1 aromatic heterocycles. The van der Waals surface area contributed by atoms with E-state index in [1.165, 1.54) is 13.4 Å². The second-order valence-corrected chi connectivity index (χ2v) is 7.48. The van der Waals surface area contributed by atoms with Gasteiger partial charge in [0.05, 0.1) is 31.5 Å². The molecule has 3 atom stereocenters. The Bertz CT molecular complexity index is 712. The summed E-state index contributed by atoms with van der Waals surface area (Å²) in [5.41, 5.74) is 0.301. The molecule has 3 N–H and O–H groups in total. The minimum Gasteiger partial charge on any atom is -0.469 e. The zero-order valence-electron chi connectivity index (χ0n) is 15.6. The lowest BCUT2D eigenvalue weighted by Gasteiger charge is -2.37. The van der Waals surface area contributed by atoms with E-state index in [1.807, 2.05) is 0 Å². The lowest BCUT2D eigenvalue weighted by atomic mass is 9.79. The number of ether oxygens (including phenoxy) is 1. The van der Waals surface area contributed by atoms with Crippen LogP contribution < -0.4 is 10.6 Å². The number of aromatic nitrogens is 2. The molecule has 0 spiro atoms. The van der Waals surface area contributed by atoms with E-state index in [-0.39, 0.29) is 35.7 Å². The van der Waals surface area contributed by atoms with Crippen molar-refractivity contribution in [2.24, 2.45) is 18.9 Å². The number of hydrogen-bond donors (Lipinski definition) is 3. The van der Waals surface area contributed by atoms with Gasteiger partial charge in [-0.2, -0.15) is 0 Å². The molecule has 9 heteroatoms. The van der Waals surface area contributed by atoms with Gasteiger partial charge in [-0.25, -0.2) is 4.98 Å². The zero-order chi connectivity index (χ0) is 19.6. The van der Waals surface area contributed by atoms with E-state index < -0.39 is 12.1 Å². The highest BCUT2D eigenvalue weighted by Gasteiger charge is 2.39. The van der Waals surface area contributed by atoms with Crippen molar-refractivity contribution < 1.29 is 24.2 Å². The van der Waals surface area contributed by atoms with Crippen LogP contribution in [0.1, 0.15) is 42.6 Å². The summed E-state index contributed by atoms with van der Waals surface area (Å²) < 4.78 is 6.37. The van der Waals surface area contributed by atoms with E-state index in [9.17, 15) is 19.5 Å². The average Bonchev–Trinajstić information content (AvgIpc) is 3.05. The number of aliphatic hydroxyl groups is 1. The number of aliphatic hydroxyl groups excluding tert-OH is 1. The molecule has 0 radical (unpaired) electrons. The Balaban J connectivity index is 1.43. The van der Waals surface area contributed by atoms with Gasteiger partial charge in [-0.15, -0.1) is 0 Å². The van der Waals surface area contributed by atoms with Crippen LogP contribution in [0.15, 0.2) is 12.5 Å². The van der Waals surface area contributed by atoms with E-state index in [0.717, 1.165) is 0 Å². The van der Waals surface area contributed by atoms with Crippen molar-refractivity contribution in [3.05, 3.63) is 18.2 Å². The Morgan fingerprint density at radius 3 is 2.52 bits per heavy atom. The third-order valence-corrected chi connectivity index (χ3v) is 5.46. The van der Waals surface area contributed by atoms with Crippen molar-refractivity contribution in [2.75, 3.05) is 7.11 Å². The van der Waals surface area contributed by atoms with Gasteiger partial charge in [0.1, 0.15) is 5.69 Å². The van der Waals surface area contributed by atoms with Crippen molar-refractivity contribution >= 4 is 17.8 Å². The number of nitrogens with one attached hydrogen (secondary N) is 2. The second kappa shape index (κ2) is 8.08. The molecule has 2 aliphatic carbocycles. The molecule has 0 aliphatic heterocycles. The summed E-state index contributed by atoms with van der Waals surface area (Å²) in [7, 11) is 3.14. The molecule has 9 nitrogen and oxygen atoms in total.